The van der Waals surface area contributed by atoms with Gasteiger partial charge in [-0.05, 0) is 42.8 Å². The molecular formula is C15H16N2O3S2. The minimum absolute atomic E-state index is 0.0137. The van der Waals surface area contributed by atoms with Crippen molar-refractivity contribution in [1.82, 2.24) is 0 Å². The number of carbonyl (C=O) groups is 1. The molecule has 3 N–H and O–H groups in total. The molecule has 0 saturated heterocycles. The van der Waals surface area contributed by atoms with E-state index in [1.807, 2.05) is 31.2 Å². The Kier molecular flexibility index (Phi) is 5.23. The van der Waals surface area contributed by atoms with Gasteiger partial charge >= 0.3 is 0 Å². The summed E-state index contributed by atoms with van der Waals surface area (Å²) in [6.45, 7) is 1.99. The van der Waals surface area contributed by atoms with Gasteiger partial charge in [0.1, 0.15) is 0 Å². The molecule has 0 radical (unpaired) electrons. The Labute approximate surface area is 134 Å². The number of primary sulfonamides is 1. The van der Waals surface area contributed by atoms with Crippen molar-refractivity contribution in [3.8, 4) is 0 Å². The highest BCUT2D eigenvalue weighted by Gasteiger charge is 2.08. The van der Waals surface area contributed by atoms with Gasteiger partial charge in [-0.2, -0.15) is 0 Å². The zero-order valence-corrected chi connectivity index (χ0v) is 13.6. The summed E-state index contributed by atoms with van der Waals surface area (Å²) in [6, 6.07) is 13.6. The van der Waals surface area contributed by atoms with Crippen LogP contribution in [0, 0.1) is 6.92 Å². The third-order valence-electron chi connectivity index (χ3n) is 2.92. The minimum Gasteiger partial charge on any atom is -0.325 e. The second kappa shape index (κ2) is 6.95. The second-order valence-electron chi connectivity index (χ2n) is 4.67. The van der Waals surface area contributed by atoms with Crippen LogP contribution in [0.25, 0.3) is 0 Å². The van der Waals surface area contributed by atoms with E-state index >= 15 is 0 Å². The number of amides is 1. The van der Waals surface area contributed by atoms with Gasteiger partial charge in [-0.25, -0.2) is 13.6 Å². The van der Waals surface area contributed by atoms with Crippen LogP contribution in [0.15, 0.2) is 58.3 Å². The molecule has 2 aromatic carbocycles. The quantitative estimate of drug-likeness (QED) is 0.820. The van der Waals surface area contributed by atoms with Crippen LogP contribution in [0.2, 0.25) is 0 Å². The second-order valence-corrected chi connectivity index (χ2v) is 7.25. The Bertz CT molecular complexity index is 772. The van der Waals surface area contributed by atoms with Gasteiger partial charge in [-0.15, -0.1) is 11.8 Å². The molecule has 0 spiro atoms. The molecule has 0 fully saturated rings. The van der Waals surface area contributed by atoms with Crippen LogP contribution < -0.4 is 10.5 Å². The summed E-state index contributed by atoms with van der Waals surface area (Å²) < 4.78 is 22.3. The van der Waals surface area contributed by atoms with Gasteiger partial charge in [0.25, 0.3) is 0 Å². The fourth-order valence-corrected chi connectivity index (χ4v) is 3.13. The van der Waals surface area contributed by atoms with Crippen molar-refractivity contribution >= 4 is 33.4 Å². The molecule has 0 heterocycles. The van der Waals surface area contributed by atoms with E-state index in [1.54, 1.807) is 0 Å². The fourth-order valence-electron chi connectivity index (χ4n) is 1.79. The number of carbonyl (C=O) groups excluding carboxylic acids is 1. The van der Waals surface area contributed by atoms with Crippen molar-refractivity contribution in [3.05, 3.63) is 54.1 Å². The molecule has 22 heavy (non-hydrogen) atoms. The zero-order chi connectivity index (χ0) is 16.2. The molecule has 2 rings (SSSR count). The maximum Gasteiger partial charge on any atom is 0.238 e. The van der Waals surface area contributed by atoms with Crippen molar-refractivity contribution < 1.29 is 13.2 Å². The summed E-state index contributed by atoms with van der Waals surface area (Å²) in [5, 5.41) is 7.73. The summed E-state index contributed by atoms with van der Waals surface area (Å²) in [7, 11) is -3.72. The standard InChI is InChI=1S/C15H16N2O3S2/c1-11-4-2-3-5-14(11)21-10-15(18)17-12-6-8-13(9-7-12)22(16,19)20/h2-9H,10H2,1H3,(H,17,18)(H2,16,19,20). The van der Waals surface area contributed by atoms with Crippen LogP contribution in [0.3, 0.4) is 0 Å². The van der Waals surface area contributed by atoms with Gasteiger partial charge in [0, 0.05) is 10.6 Å². The van der Waals surface area contributed by atoms with Gasteiger partial charge in [-0.3, -0.25) is 4.79 Å². The number of nitrogens with one attached hydrogen (secondary N) is 1. The molecule has 7 heteroatoms. The lowest BCUT2D eigenvalue weighted by atomic mass is 10.2. The molecular weight excluding hydrogens is 320 g/mol. The predicted molar refractivity (Wildman–Crippen MR) is 88.3 cm³/mol. The Morgan fingerprint density at radius 1 is 1.14 bits per heavy atom. The van der Waals surface area contributed by atoms with E-state index in [4.69, 9.17) is 5.14 Å². The van der Waals surface area contributed by atoms with E-state index in [9.17, 15) is 13.2 Å². The molecule has 0 aliphatic rings. The van der Waals surface area contributed by atoms with Crippen LogP contribution in [-0.2, 0) is 14.8 Å². The number of aryl methyl sites for hydroxylation is 1. The molecule has 0 bridgehead atoms. The minimum atomic E-state index is -3.72. The van der Waals surface area contributed by atoms with Crippen LogP contribution in [-0.4, -0.2) is 20.1 Å². The van der Waals surface area contributed by atoms with Crippen molar-refractivity contribution in [2.45, 2.75) is 16.7 Å². The molecule has 2 aromatic rings. The number of hydrogen-bond donors (Lipinski definition) is 2. The molecule has 0 aromatic heterocycles. The lowest BCUT2D eigenvalue weighted by Gasteiger charge is -2.07. The Morgan fingerprint density at radius 3 is 2.36 bits per heavy atom. The van der Waals surface area contributed by atoms with Crippen molar-refractivity contribution in [2.24, 2.45) is 5.14 Å². The molecule has 116 valence electrons. The van der Waals surface area contributed by atoms with Crippen LogP contribution in [0.5, 0.6) is 0 Å². The first-order valence-corrected chi connectivity index (χ1v) is 9.00. The fraction of sp³-hybridized carbons (Fsp3) is 0.133. The van der Waals surface area contributed by atoms with E-state index < -0.39 is 10.0 Å². The molecule has 0 atom stereocenters. The maximum atomic E-state index is 11.9. The summed E-state index contributed by atoms with van der Waals surface area (Å²) in [5.74, 6) is 0.124. The van der Waals surface area contributed by atoms with Crippen molar-refractivity contribution in [3.63, 3.8) is 0 Å². The smallest absolute Gasteiger partial charge is 0.238 e. The van der Waals surface area contributed by atoms with E-state index in [0.29, 0.717) is 5.69 Å². The molecule has 0 unspecified atom stereocenters. The van der Waals surface area contributed by atoms with E-state index in [-0.39, 0.29) is 16.6 Å². The average Bonchev–Trinajstić information content (AvgIpc) is 2.46. The number of hydrogen-bond acceptors (Lipinski definition) is 4. The molecule has 5 nitrogen and oxygen atoms in total. The summed E-state index contributed by atoms with van der Waals surface area (Å²) in [5.41, 5.74) is 1.65. The molecule has 0 saturated carbocycles. The van der Waals surface area contributed by atoms with Gasteiger partial charge in [0.15, 0.2) is 0 Å². The van der Waals surface area contributed by atoms with Crippen LogP contribution in [0.1, 0.15) is 5.56 Å². The highest BCUT2D eigenvalue weighted by atomic mass is 32.2. The topological polar surface area (TPSA) is 89.3 Å². The largest absolute Gasteiger partial charge is 0.325 e. The Morgan fingerprint density at radius 2 is 1.77 bits per heavy atom. The van der Waals surface area contributed by atoms with E-state index in [0.717, 1.165) is 10.5 Å². The summed E-state index contributed by atoms with van der Waals surface area (Å²) >= 11 is 1.45. The number of nitrogens with two attached hydrogens (primary N) is 1. The van der Waals surface area contributed by atoms with Gasteiger partial charge in [0.05, 0.1) is 10.6 Å². The highest BCUT2D eigenvalue weighted by Crippen LogP contribution is 2.22. The summed E-state index contributed by atoms with van der Waals surface area (Å²) in [4.78, 5) is 13.0. The van der Waals surface area contributed by atoms with Crippen LogP contribution >= 0.6 is 11.8 Å². The molecule has 1 amide bonds. The normalized spacial score (nSPS) is 11.2. The highest BCUT2D eigenvalue weighted by molar-refractivity contribution is 8.00. The van der Waals surface area contributed by atoms with E-state index in [1.165, 1.54) is 36.0 Å². The number of thioether (sulfide) groups is 1. The first kappa shape index (κ1) is 16.5. The third-order valence-corrected chi connectivity index (χ3v) is 5.02. The van der Waals surface area contributed by atoms with Crippen molar-refractivity contribution in [2.75, 3.05) is 11.1 Å². The van der Waals surface area contributed by atoms with Gasteiger partial charge in [0.2, 0.25) is 15.9 Å². The summed E-state index contributed by atoms with van der Waals surface area (Å²) in [6.07, 6.45) is 0. The Balaban J connectivity index is 1.94. The molecule has 0 aliphatic carbocycles. The van der Waals surface area contributed by atoms with Gasteiger partial charge < -0.3 is 5.32 Å². The number of rotatable bonds is 5. The zero-order valence-electron chi connectivity index (χ0n) is 11.9. The predicted octanol–water partition coefficient (Wildman–Crippen LogP) is 2.37. The first-order valence-electron chi connectivity index (χ1n) is 6.47. The lowest BCUT2D eigenvalue weighted by molar-refractivity contribution is -0.113. The number of sulfonamides is 1. The van der Waals surface area contributed by atoms with Crippen molar-refractivity contribution in [1.29, 1.82) is 0 Å². The van der Waals surface area contributed by atoms with Gasteiger partial charge in [-0.1, -0.05) is 18.2 Å². The molecule has 0 aliphatic heterocycles. The lowest BCUT2D eigenvalue weighted by Crippen LogP contribution is -2.15. The van der Waals surface area contributed by atoms with E-state index in [2.05, 4.69) is 5.32 Å². The third kappa shape index (κ3) is 4.59. The number of benzene rings is 2. The first-order chi connectivity index (χ1) is 10.4. The number of anilines is 1. The average molecular weight is 336 g/mol. The monoisotopic (exact) mass is 336 g/mol. The SMILES string of the molecule is Cc1ccccc1SCC(=O)Nc1ccc(S(N)(=O)=O)cc1. The van der Waals surface area contributed by atoms with Crippen LogP contribution in [0.4, 0.5) is 5.69 Å². The Hall–Kier alpha value is -1.83. The maximum absolute atomic E-state index is 11.9.